The van der Waals surface area contributed by atoms with Crippen LogP contribution in [0.4, 0.5) is 0 Å². The summed E-state index contributed by atoms with van der Waals surface area (Å²) in [7, 11) is 0. The maximum Gasteiger partial charge on any atom is 0.305 e. The Hall–Kier alpha value is 0.439. The predicted octanol–water partition coefficient (Wildman–Crippen LogP) is 9.04. The van der Waals surface area contributed by atoms with E-state index >= 15 is 0 Å². The quantitative estimate of drug-likeness (QED) is 0.0854. The Kier molecular flexibility index (Phi) is 61.7. The fourth-order valence-electron chi connectivity index (χ4n) is 2.20. The predicted molar refractivity (Wildman–Crippen MR) is 160 cm³/mol. The van der Waals surface area contributed by atoms with Gasteiger partial charge in [-0.1, -0.05) is 144 Å². The summed E-state index contributed by atoms with van der Waals surface area (Å²) >= 11 is 9.33. The summed E-state index contributed by atoms with van der Waals surface area (Å²) in [5, 5.41) is 0. The molecule has 35 heavy (non-hydrogen) atoms. The van der Waals surface area contributed by atoms with Crippen molar-refractivity contribution in [2.24, 2.45) is 0 Å². The molecule has 0 fully saturated rings. The second kappa shape index (κ2) is 47.6. The minimum absolute atomic E-state index is 0. The number of carbonyl (C=O) groups is 2. The van der Waals surface area contributed by atoms with Crippen LogP contribution in [0.1, 0.15) is 130 Å². The first-order valence-corrected chi connectivity index (χ1v) is 14.7. The summed E-state index contributed by atoms with van der Waals surface area (Å²) in [5.41, 5.74) is 0. The van der Waals surface area contributed by atoms with Crippen molar-refractivity contribution in [3.63, 3.8) is 0 Å². The normalized spacial score (nSPS) is 9.14. The van der Waals surface area contributed by atoms with Crippen molar-refractivity contribution in [1.29, 1.82) is 0 Å². The molecule has 0 amide bonds. The standard InChI is InChI=1S/2C10H19O2S.2C4H9.Sn/c2*1-2-3-4-5-6-7-10(11)12-8-9-13;2*1-3-4-2;/h2*2-9H2,1H3;2*1,3-4H2,2H3;. The van der Waals surface area contributed by atoms with E-state index < -0.39 is 0 Å². The number of unbranched alkanes of at least 4 members (excludes halogenated alkanes) is 10. The molecular weight excluding hydrogens is 583 g/mol. The van der Waals surface area contributed by atoms with Crippen molar-refractivity contribution in [2.45, 2.75) is 130 Å². The zero-order valence-corrected chi connectivity index (χ0v) is 28.0. The van der Waals surface area contributed by atoms with Crippen LogP contribution in [0.3, 0.4) is 0 Å². The fourth-order valence-corrected chi connectivity index (χ4v) is 2.37. The largest absolute Gasteiger partial charge is 0.465 e. The van der Waals surface area contributed by atoms with Crippen LogP contribution in [0.15, 0.2) is 0 Å². The molecule has 0 heterocycles. The average Bonchev–Trinajstić information content (AvgIpc) is 2.86. The van der Waals surface area contributed by atoms with E-state index in [1.807, 2.05) is 0 Å². The molecule has 208 valence electrons. The van der Waals surface area contributed by atoms with Gasteiger partial charge in [-0.15, -0.1) is 0 Å². The third-order valence-electron chi connectivity index (χ3n) is 4.37. The van der Waals surface area contributed by atoms with E-state index in [4.69, 9.17) is 9.47 Å². The van der Waals surface area contributed by atoms with E-state index in [-0.39, 0.29) is 35.8 Å². The molecule has 0 aromatic carbocycles. The van der Waals surface area contributed by atoms with Crippen molar-refractivity contribution >= 4 is 61.1 Å². The first kappa shape index (κ1) is 45.4. The Morgan fingerprint density at radius 3 is 1.09 bits per heavy atom. The second-order valence-electron chi connectivity index (χ2n) is 7.88. The number of ether oxygens (including phenoxy) is 2. The Bertz CT molecular complexity index is 335. The van der Waals surface area contributed by atoms with Gasteiger partial charge in [0, 0.05) is 48.3 Å². The van der Waals surface area contributed by atoms with E-state index in [0.29, 0.717) is 37.6 Å². The summed E-state index contributed by atoms with van der Waals surface area (Å²) < 4.78 is 9.71. The van der Waals surface area contributed by atoms with Gasteiger partial charge in [-0.3, -0.25) is 9.59 Å². The third-order valence-corrected chi connectivity index (χ3v) is 4.70. The Morgan fingerprint density at radius 2 is 0.857 bits per heavy atom. The second-order valence-corrected chi connectivity index (χ2v) is 8.70. The molecule has 0 bridgehead atoms. The van der Waals surface area contributed by atoms with E-state index in [9.17, 15) is 9.59 Å². The molecule has 0 N–H and O–H groups in total. The summed E-state index contributed by atoms with van der Waals surface area (Å²) in [6, 6.07) is 0. The maximum absolute atomic E-state index is 11.0. The van der Waals surface area contributed by atoms with Crippen LogP contribution in [0, 0.1) is 13.8 Å². The molecule has 7 heteroatoms. The number of rotatable bonds is 18. The molecule has 0 atom stereocenters. The van der Waals surface area contributed by atoms with Crippen molar-refractivity contribution in [3.8, 4) is 0 Å². The van der Waals surface area contributed by atoms with Gasteiger partial charge in [0.1, 0.15) is 13.2 Å². The summed E-state index contributed by atoms with van der Waals surface area (Å²) in [5.74, 6) is 0.811. The minimum atomic E-state index is -0.0960. The van der Waals surface area contributed by atoms with Gasteiger partial charge in [0.05, 0.1) is 0 Å². The topological polar surface area (TPSA) is 52.6 Å². The molecule has 0 aromatic heterocycles. The van der Waals surface area contributed by atoms with Gasteiger partial charge >= 0.3 is 11.9 Å². The van der Waals surface area contributed by atoms with E-state index in [0.717, 1.165) is 38.5 Å². The number of esters is 2. The molecule has 0 unspecified atom stereocenters. The first-order chi connectivity index (χ1) is 16.4. The van der Waals surface area contributed by atoms with Gasteiger partial charge < -0.3 is 9.47 Å². The van der Waals surface area contributed by atoms with Gasteiger partial charge in [0.15, 0.2) is 0 Å². The van der Waals surface area contributed by atoms with Gasteiger partial charge in [-0.2, -0.15) is 0 Å². The zero-order chi connectivity index (χ0) is 26.7. The van der Waals surface area contributed by atoms with Crippen molar-refractivity contribution < 1.29 is 19.1 Å². The Balaban J connectivity index is -0.000000128. The van der Waals surface area contributed by atoms with Crippen LogP contribution in [-0.2, 0) is 19.1 Å². The summed E-state index contributed by atoms with van der Waals surface area (Å²) in [4.78, 5) is 21.9. The molecule has 4 nitrogen and oxygen atoms in total. The maximum atomic E-state index is 11.0. The van der Waals surface area contributed by atoms with Crippen molar-refractivity contribution in [1.82, 2.24) is 0 Å². The molecule has 0 spiro atoms. The van der Waals surface area contributed by atoms with Crippen LogP contribution in [0.2, 0.25) is 0 Å². The molecule has 0 saturated carbocycles. The number of hydrogen-bond donors (Lipinski definition) is 0. The number of carbonyl (C=O) groups excluding carboxylic acids is 2. The van der Waals surface area contributed by atoms with Crippen molar-refractivity contribution in [2.75, 3.05) is 24.7 Å². The molecule has 0 aliphatic heterocycles. The van der Waals surface area contributed by atoms with Crippen LogP contribution in [0.25, 0.3) is 0 Å². The monoisotopic (exact) mass is 640 g/mol. The minimum Gasteiger partial charge on any atom is -0.465 e. The molecule has 0 aliphatic rings. The number of hydrogen-bond acceptors (Lipinski definition) is 4. The smallest absolute Gasteiger partial charge is 0.305 e. The van der Waals surface area contributed by atoms with E-state index in [1.165, 1.54) is 51.4 Å². The Labute approximate surface area is 248 Å². The van der Waals surface area contributed by atoms with E-state index in [1.54, 1.807) is 0 Å². The SMILES string of the molecule is CCCCCCCC(=O)OCC[S].CCCCCCCC(=O)OCC[S].[CH2]CCC.[CH2]CCC.[Sn]. The third kappa shape index (κ3) is 60.7. The fraction of sp³-hybridized carbons (Fsp3) is 0.857. The summed E-state index contributed by atoms with van der Waals surface area (Å²) in [6.07, 6.45) is 17.3. The Morgan fingerprint density at radius 1 is 0.571 bits per heavy atom. The molecule has 0 aliphatic carbocycles. The van der Waals surface area contributed by atoms with E-state index in [2.05, 4.69) is 66.8 Å². The van der Waals surface area contributed by atoms with Gasteiger partial charge in [0.25, 0.3) is 0 Å². The van der Waals surface area contributed by atoms with Crippen LogP contribution in [0.5, 0.6) is 0 Å². The van der Waals surface area contributed by atoms with Gasteiger partial charge in [0.2, 0.25) is 0 Å². The van der Waals surface area contributed by atoms with Crippen LogP contribution < -0.4 is 0 Å². The summed E-state index contributed by atoms with van der Waals surface area (Å²) in [6.45, 7) is 16.6. The molecular formula is C28H56O4S2Sn. The van der Waals surface area contributed by atoms with Gasteiger partial charge in [-0.25, -0.2) is 0 Å². The van der Waals surface area contributed by atoms with Gasteiger partial charge in [-0.05, 0) is 12.8 Å². The van der Waals surface area contributed by atoms with Crippen molar-refractivity contribution in [3.05, 3.63) is 13.8 Å². The molecule has 8 radical (unpaired) electrons. The molecule has 0 aromatic rings. The first-order valence-electron chi connectivity index (χ1n) is 13.5. The molecule has 0 saturated heterocycles. The van der Waals surface area contributed by atoms with Crippen LogP contribution in [-0.4, -0.2) is 60.6 Å². The average molecular weight is 640 g/mol. The zero-order valence-electron chi connectivity index (χ0n) is 23.5. The molecule has 0 rings (SSSR count). The van der Waals surface area contributed by atoms with Crippen LogP contribution >= 0.6 is 25.3 Å².